The number of methoxy groups -OCH3 is 2. The summed E-state index contributed by atoms with van der Waals surface area (Å²) in [5.74, 6) is 0.437. The Hall–Kier alpha value is -3.84. The van der Waals surface area contributed by atoms with Gasteiger partial charge in [-0.2, -0.15) is 0 Å². The Balaban J connectivity index is 1.28. The highest BCUT2D eigenvalue weighted by atomic mass is 16.5. The number of esters is 1. The molecule has 0 aromatic heterocycles. The fourth-order valence-corrected chi connectivity index (χ4v) is 5.52. The smallest absolute Gasteiger partial charge is 0.337 e. The van der Waals surface area contributed by atoms with E-state index < -0.39 is 0 Å². The van der Waals surface area contributed by atoms with Gasteiger partial charge in [-0.3, -0.25) is 9.80 Å². The van der Waals surface area contributed by atoms with Crippen molar-refractivity contribution >= 4 is 23.4 Å². The molecule has 7 nitrogen and oxygen atoms in total. The number of fused-ring (bicyclic) bond motifs is 2. The number of hydrogen-bond donors (Lipinski definition) is 1. The Morgan fingerprint density at radius 3 is 2.30 bits per heavy atom. The number of urea groups is 1. The molecule has 3 aromatic rings. The molecule has 1 fully saturated rings. The summed E-state index contributed by atoms with van der Waals surface area (Å²) in [4.78, 5) is 29.5. The third-order valence-electron chi connectivity index (χ3n) is 7.66. The topological polar surface area (TPSA) is 71.1 Å². The van der Waals surface area contributed by atoms with Crippen LogP contribution in [0.5, 0.6) is 5.75 Å². The highest BCUT2D eigenvalue weighted by Crippen LogP contribution is 2.47. The lowest BCUT2D eigenvalue weighted by molar-refractivity contribution is 0.0600. The van der Waals surface area contributed by atoms with Crippen molar-refractivity contribution in [3.05, 3.63) is 89.0 Å². The second kappa shape index (κ2) is 10.3. The van der Waals surface area contributed by atoms with Gasteiger partial charge < -0.3 is 14.8 Å². The summed E-state index contributed by atoms with van der Waals surface area (Å²) in [7, 11) is 3.02. The zero-order chi connectivity index (χ0) is 26.0. The van der Waals surface area contributed by atoms with Gasteiger partial charge in [0.05, 0.1) is 19.8 Å². The van der Waals surface area contributed by atoms with Crippen LogP contribution < -0.4 is 15.0 Å². The molecule has 0 saturated carbocycles. The van der Waals surface area contributed by atoms with E-state index in [4.69, 9.17) is 9.47 Å². The molecule has 1 spiro atoms. The average Bonchev–Trinajstić information content (AvgIpc) is 3.23. The minimum atomic E-state index is -0.317. The second-order valence-electron chi connectivity index (χ2n) is 10.0. The third-order valence-corrected chi connectivity index (χ3v) is 7.66. The van der Waals surface area contributed by atoms with Crippen LogP contribution in [-0.2, 0) is 16.7 Å². The van der Waals surface area contributed by atoms with Gasteiger partial charge in [-0.05, 0) is 86.4 Å². The van der Waals surface area contributed by atoms with Crippen LogP contribution in [0.3, 0.4) is 0 Å². The summed E-state index contributed by atoms with van der Waals surface area (Å²) >= 11 is 0. The molecule has 1 saturated heterocycles. The molecule has 2 aliphatic heterocycles. The van der Waals surface area contributed by atoms with Crippen molar-refractivity contribution in [2.45, 2.75) is 31.7 Å². The summed E-state index contributed by atoms with van der Waals surface area (Å²) in [6.07, 6.45) is 1.96. The van der Waals surface area contributed by atoms with Gasteiger partial charge in [-0.1, -0.05) is 29.8 Å². The molecule has 37 heavy (non-hydrogen) atoms. The maximum atomic E-state index is 13.4. The first-order valence-electron chi connectivity index (χ1n) is 12.6. The zero-order valence-electron chi connectivity index (χ0n) is 21.6. The molecule has 5 rings (SSSR count). The molecule has 2 heterocycles. The first-order chi connectivity index (χ1) is 17.9. The van der Waals surface area contributed by atoms with Gasteiger partial charge in [-0.15, -0.1) is 0 Å². The highest BCUT2D eigenvalue weighted by molar-refractivity contribution is 6.03. The highest BCUT2D eigenvalue weighted by Gasteiger charge is 2.46. The van der Waals surface area contributed by atoms with Crippen molar-refractivity contribution in [2.24, 2.45) is 0 Å². The molecule has 0 unspecified atom stereocenters. The van der Waals surface area contributed by atoms with E-state index in [1.165, 1.54) is 23.8 Å². The first-order valence-corrected chi connectivity index (χ1v) is 12.6. The van der Waals surface area contributed by atoms with E-state index in [9.17, 15) is 9.59 Å². The molecule has 2 amide bonds. The zero-order valence-corrected chi connectivity index (χ0v) is 21.6. The molecular weight excluding hydrogens is 466 g/mol. The van der Waals surface area contributed by atoms with Crippen LogP contribution in [0.25, 0.3) is 0 Å². The van der Waals surface area contributed by atoms with Crippen LogP contribution in [0.15, 0.2) is 66.7 Å². The van der Waals surface area contributed by atoms with Crippen LogP contribution in [0.4, 0.5) is 16.2 Å². The van der Waals surface area contributed by atoms with E-state index in [1.54, 1.807) is 7.11 Å². The minimum Gasteiger partial charge on any atom is -0.497 e. The van der Waals surface area contributed by atoms with Crippen molar-refractivity contribution in [3.63, 3.8) is 0 Å². The number of hydrogen-bond acceptors (Lipinski definition) is 5. The number of benzene rings is 3. The summed E-state index contributed by atoms with van der Waals surface area (Å²) in [5, 5.41) is 3.06. The van der Waals surface area contributed by atoms with Crippen LogP contribution in [0.1, 0.15) is 39.9 Å². The fraction of sp³-hybridized carbons (Fsp3) is 0.333. The van der Waals surface area contributed by atoms with Crippen LogP contribution in [-0.4, -0.2) is 50.8 Å². The average molecular weight is 500 g/mol. The van der Waals surface area contributed by atoms with E-state index in [1.807, 2.05) is 53.4 Å². The largest absolute Gasteiger partial charge is 0.497 e. The summed E-state index contributed by atoms with van der Waals surface area (Å²) in [6, 6.07) is 21.4. The van der Waals surface area contributed by atoms with Crippen LogP contribution >= 0.6 is 0 Å². The van der Waals surface area contributed by atoms with Gasteiger partial charge in [0.15, 0.2) is 0 Å². The predicted octanol–water partition coefficient (Wildman–Crippen LogP) is 5.38. The van der Waals surface area contributed by atoms with Crippen LogP contribution in [0.2, 0.25) is 0 Å². The van der Waals surface area contributed by atoms with Gasteiger partial charge in [-0.25, -0.2) is 9.59 Å². The van der Waals surface area contributed by atoms with Gasteiger partial charge in [0.1, 0.15) is 5.75 Å². The van der Waals surface area contributed by atoms with E-state index in [0.717, 1.165) is 49.6 Å². The quantitative estimate of drug-likeness (QED) is 0.478. The molecule has 1 N–H and O–H groups in total. The van der Waals surface area contributed by atoms with E-state index >= 15 is 0 Å². The van der Waals surface area contributed by atoms with E-state index in [0.29, 0.717) is 12.1 Å². The van der Waals surface area contributed by atoms with Crippen molar-refractivity contribution in [3.8, 4) is 5.75 Å². The SMILES string of the molecule is COC(=O)c1ccc(CN2CCC3(CC2)CN(C(=O)Nc2ccc(OC)cc2)c2ccc(C)cc23)cc1. The number of likely N-dealkylation sites (tertiary alicyclic amines) is 1. The number of nitrogens with zero attached hydrogens (tertiary/aromatic N) is 2. The number of aryl methyl sites for hydroxylation is 1. The van der Waals surface area contributed by atoms with Crippen LogP contribution in [0, 0.1) is 6.92 Å². The van der Waals surface area contributed by atoms with Crippen molar-refractivity contribution in [2.75, 3.05) is 44.1 Å². The number of piperidine rings is 1. The Labute approximate surface area is 218 Å². The maximum absolute atomic E-state index is 13.4. The Kier molecular flexibility index (Phi) is 6.89. The molecule has 2 aliphatic rings. The lowest BCUT2D eigenvalue weighted by Gasteiger charge is -2.40. The minimum absolute atomic E-state index is 0.0517. The molecule has 0 atom stereocenters. The summed E-state index contributed by atoms with van der Waals surface area (Å²) in [5.41, 5.74) is 5.92. The Morgan fingerprint density at radius 1 is 0.946 bits per heavy atom. The Bertz CT molecular complexity index is 1280. The van der Waals surface area contributed by atoms with Crippen molar-refractivity contribution in [1.82, 2.24) is 4.90 Å². The maximum Gasteiger partial charge on any atom is 0.337 e. The number of carbonyl (C=O) groups is 2. The summed E-state index contributed by atoms with van der Waals surface area (Å²) in [6.45, 7) is 5.51. The standard InChI is InChI=1S/C30H33N3O4/c1-21-4-13-27-26(18-21)30(20-33(27)29(35)31-24-9-11-25(36-2)12-10-24)14-16-32(17-15-30)19-22-5-7-23(8-6-22)28(34)37-3/h4-13,18H,14-17,19-20H2,1-3H3,(H,31,35). The number of ether oxygens (including phenoxy) is 2. The molecule has 7 heteroatoms. The first kappa shape index (κ1) is 24.8. The number of anilines is 2. The molecule has 3 aromatic carbocycles. The lowest BCUT2D eigenvalue weighted by Crippen LogP contribution is -2.46. The third kappa shape index (κ3) is 5.04. The van der Waals surface area contributed by atoms with Crippen molar-refractivity contribution < 1.29 is 19.1 Å². The normalized spacial score (nSPS) is 16.4. The second-order valence-corrected chi connectivity index (χ2v) is 10.0. The number of nitrogens with one attached hydrogen (secondary N) is 1. The van der Waals surface area contributed by atoms with E-state index in [2.05, 4.69) is 35.3 Å². The molecule has 192 valence electrons. The van der Waals surface area contributed by atoms with E-state index in [-0.39, 0.29) is 17.4 Å². The molecular formula is C30H33N3O4. The van der Waals surface area contributed by atoms with Gasteiger partial charge in [0, 0.05) is 29.9 Å². The number of carbonyl (C=O) groups excluding carboxylic acids is 2. The molecule has 0 radical (unpaired) electrons. The fourth-order valence-electron chi connectivity index (χ4n) is 5.52. The number of rotatable bonds is 5. The summed E-state index contributed by atoms with van der Waals surface area (Å²) < 4.78 is 10.0. The lowest BCUT2D eigenvalue weighted by atomic mass is 9.74. The Morgan fingerprint density at radius 2 is 1.65 bits per heavy atom. The molecule has 0 bridgehead atoms. The predicted molar refractivity (Wildman–Crippen MR) is 145 cm³/mol. The number of amides is 2. The monoisotopic (exact) mass is 499 g/mol. The van der Waals surface area contributed by atoms with Gasteiger partial charge in [0.25, 0.3) is 0 Å². The van der Waals surface area contributed by atoms with Gasteiger partial charge in [0.2, 0.25) is 0 Å². The van der Waals surface area contributed by atoms with Crippen molar-refractivity contribution in [1.29, 1.82) is 0 Å². The van der Waals surface area contributed by atoms with Gasteiger partial charge >= 0.3 is 12.0 Å². The molecule has 0 aliphatic carbocycles.